The van der Waals surface area contributed by atoms with E-state index in [1.54, 1.807) is 24.3 Å². The molecule has 0 aliphatic carbocycles. The van der Waals surface area contributed by atoms with Crippen molar-refractivity contribution in [3.63, 3.8) is 0 Å². The highest BCUT2D eigenvalue weighted by Gasteiger charge is 2.36. The maximum Gasteiger partial charge on any atom is 0.250 e. The predicted molar refractivity (Wildman–Crippen MR) is 75.2 cm³/mol. The van der Waals surface area contributed by atoms with Crippen molar-refractivity contribution in [2.45, 2.75) is 26.3 Å². The summed E-state index contributed by atoms with van der Waals surface area (Å²) >= 11 is 6.11. The van der Waals surface area contributed by atoms with E-state index in [0.29, 0.717) is 10.7 Å². The van der Waals surface area contributed by atoms with Crippen molar-refractivity contribution in [3.05, 3.63) is 29.3 Å². The molecule has 0 aromatic heterocycles. The molecule has 1 aliphatic heterocycles. The van der Waals surface area contributed by atoms with Crippen LogP contribution in [0.15, 0.2) is 24.3 Å². The number of nitrogens with zero attached hydrogens (tertiary/aromatic N) is 1. The number of benzene rings is 1. The third-order valence-corrected chi connectivity index (χ3v) is 3.83. The number of anilines is 1. The number of para-hydroxylation sites is 1. The minimum absolute atomic E-state index is 0.0233. The molecule has 2 unspecified atom stereocenters. The lowest BCUT2D eigenvalue weighted by atomic mass is 9.96. The third-order valence-electron chi connectivity index (χ3n) is 3.51. The summed E-state index contributed by atoms with van der Waals surface area (Å²) in [5.74, 6) is -0.145. The summed E-state index contributed by atoms with van der Waals surface area (Å²) in [5, 5.41) is 3.24. The molecular weight excluding hydrogens is 264 g/mol. The number of hydrogen-bond donors (Lipinski definition) is 1. The lowest BCUT2D eigenvalue weighted by molar-refractivity contribution is -0.132. The Labute approximate surface area is 117 Å². The van der Waals surface area contributed by atoms with Gasteiger partial charge in [0, 0.05) is 0 Å². The van der Waals surface area contributed by atoms with Crippen LogP contribution in [0, 0.1) is 5.92 Å². The lowest BCUT2D eigenvalue weighted by Gasteiger charge is -2.35. The van der Waals surface area contributed by atoms with E-state index in [-0.39, 0.29) is 24.3 Å². The number of hydrogen-bond acceptors (Lipinski definition) is 2. The van der Waals surface area contributed by atoms with Crippen molar-refractivity contribution in [2.24, 2.45) is 5.92 Å². The van der Waals surface area contributed by atoms with Gasteiger partial charge in [0.2, 0.25) is 11.8 Å². The molecule has 1 aliphatic rings. The van der Waals surface area contributed by atoms with Gasteiger partial charge in [-0.25, -0.2) is 0 Å². The van der Waals surface area contributed by atoms with Gasteiger partial charge in [-0.05, 0) is 18.1 Å². The molecule has 102 valence electrons. The van der Waals surface area contributed by atoms with E-state index in [9.17, 15) is 9.59 Å². The van der Waals surface area contributed by atoms with Gasteiger partial charge >= 0.3 is 0 Å². The number of carbonyl (C=O) groups is 2. The zero-order chi connectivity index (χ0) is 14.0. The van der Waals surface area contributed by atoms with Gasteiger partial charge in [-0.2, -0.15) is 0 Å². The van der Waals surface area contributed by atoms with Crippen LogP contribution >= 0.6 is 11.6 Å². The Hall–Kier alpha value is -1.55. The molecule has 0 saturated carbocycles. The van der Waals surface area contributed by atoms with Gasteiger partial charge in [-0.15, -0.1) is 0 Å². The van der Waals surface area contributed by atoms with Crippen molar-refractivity contribution in [1.82, 2.24) is 5.32 Å². The molecule has 1 N–H and O–H groups in total. The number of carbonyl (C=O) groups excluding carboxylic acids is 2. The Morgan fingerprint density at radius 2 is 2.11 bits per heavy atom. The summed E-state index contributed by atoms with van der Waals surface area (Å²) in [7, 11) is 0. The Morgan fingerprint density at radius 3 is 2.74 bits per heavy atom. The van der Waals surface area contributed by atoms with Crippen molar-refractivity contribution in [2.75, 3.05) is 11.4 Å². The van der Waals surface area contributed by atoms with E-state index >= 15 is 0 Å². The van der Waals surface area contributed by atoms with Crippen LogP contribution < -0.4 is 10.2 Å². The first-order chi connectivity index (χ1) is 9.04. The molecule has 2 atom stereocenters. The van der Waals surface area contributed by atoms with E-state index in [2.05, 4.69) is 5.32 Å². The Balaban J connectivity index is 2.33. The first kappa shape index (κ1) is 13.9. The SMILES string of the molecule is CCC(C)C1NC(=O)CN(c2ccccc2Cl)C1=O. The van der Waals surface area contributed by atoms with E-state index < -0.39 is 6.04 Å². The zero-order valence-corrected chi connectivity index (χ0v) is 11.8. The number of rotatable bonds is 3. The van der Waals surface area contributed by atoms with Crippen LogP contribution in [0.25, 0.3) is 0 Å². The molecule has 1 aromatic rings. The molecule has 5 heteroatoms. The molecule has 1 saturated heterocycles. The average Bonchev–Trinajstić information content (AvgIpc) is 2.41. The van der Waals surface area contributed by atoms with Gasteiger partial charge in [0.15, 0.2) is 0 Å². The summed E-state index contributed by atoms with van der Waals surface area (Å²) in [4.78, 5) is 25.7. The predicted octanol–water partition coefficient (Wildman–Crippen LogP) is 2.22. The molecular formula is C14H17ClN2O2. The van der Waals surface area contributed by atoms with Gasteiger partial charge < -0.3 is 5.32 Å². The van der Waals surface area contributed by atoms with Crippen LogP contribution in [0.4, 0.5) is 5.69 Å². The smallest absolute Gasteiger partial charge is 0.250 e. The van der Waals surface area contributed by atoms with E-state index in [1.165, 1.54) is 4.90 Å². The average molecular weight is 281 g/mol. The van der Waals surface area contributed by atoms with Gasteiger partial charge in [0.1, 0.15) is 12.6 Å². The molecule has 1 heterocycles. The molecule has 0 spiro atoms. The first-order valence-electron chi connectivity index (χ1n) is 6.39. The largest absolute Gasteiger partial charge is 0.342 e. The van der Waals surface area contributed by atoms with Crippen LogP contribution in [-0.4, -0.2) is 24.4 Å². The van der Waals surface area contributed by atoms with Crippen LogP contribution in [-0.2, 0) is 9.59 Å². The Bertz CT molecular complexity index is 504. The molecule has 1 aromatic carbocycles. The minimum Gasteiger partial charge on any atom is -0.342 e. The number of amides is 2. The van der Waals surface area contributed by atoms with E-state index in [1.807, 2.05) is 13.8 Å². The molecule has 4 nitrogen and oxygen atoms in total. The topological polar surface area (TPSA) is 49.4 Å². The Morgan fingerprint density at radius 1 is 1.42 bits per heavy atom. The number of piperazine rings is 1. The first-order valence-corrected chi connectivity index (χ1v) is 6.77. The van der Waals surface area contributed by atoms with Crippen molar-refractivity contribution < 1.29 is 9.59 Å². The summed E-state index contributed by atoms with van der Waals surface area (Å²) in [6.07, 6.45) is 0.826. The Kier molecular flexibility index (Phi) is 4.10. The van der Waals surface area contributed by atoms with Crippen LogP contribution in [0.5, 0.6) is 0 Å². The molecule has 0 radical (unpaired) electrons. The molecule has 0 bridgehead atoms. The summed E-state index contributed by atoms with van der Waals surface area (Å²) < 4.78 is 0. The van der Waals surface area contributed by atoms with Crippen molar-refractivity contribution in [3.8, 4) is 0 Å². The van der Waals surface area contributed by atoms with Gasteiger partial charge in [-0.3, -0.25) is 14.5 Å². The summed E-state index contributed by atoms with van der Waals surface area (Å²) in [6.45, 7) is 3.98. The molecule has 19 heavy (non-hydrogen) atoms. The summed E-state index contributed by atoms with van der Waals surface area (Å²) in [6, 6.07) is 6.61. The maximum atomic E-state index is 12.5. The molecule has 1 fully saturated rings. The number of nitrogens with one attached hydrogen (secondary N) is 1. The van der Waals surface area contributed by atoms with Crippen LogP contribution in [0.2, 0.25) is 5.02 Å². The molecule has 2 amide bonds. The maximum absolute atomic E-state index is 12.5. The fraction of sp³-hybridized carbons (Fsp3) is 0.429. The standard InChI is InChI=1S/C14H17ClN2O2/c1-3-9(2)13-14(19)17(8-12(18)16-13)11-7-5-4-6-10(11)15/h4-7,9,13H,3,8H2,1-2H3,(H,16,18). The van der Waals surface area contributed by atoms with Gasteiger partial charge in [-0.1, -0.05) is 44.0 Å². The van der Waals surface area contributed by atoms with E-state index in [4.69, 9.17) is 11.6 Å². The quantitative estimate of drug-likeness (QED) is 0.923. The highest BCUT2D eigenvalue weighted by Crippen LogP contribution is 2.28. The highest BCUT2D eigenvalue weighted by atomic mass is 35.5. The van der Waals surface area contributed by atoms with Crippen LogP contribution in [0.3, 0.4) is 0 Å². The monoisotopic (exact) mass is 280 g/mol. The molecule has 2 rings (SSSR count). The second-order valence-corrected chi connectivity index (χ2v) is 5.21. The van der Waals surface area contributed by atoms with Gasteiger partial charge in [0.05, 0.1) is 10.7 Å². The normalized spacial score (nSPS) is 21.2. The zero-order valence-electron chi connectivity index (χ0n) is 11.0. The van der Waals surface area contributed by atoms with Gasteiger partial charge in [0.25, 0.3) is 0 Å². The summed E-state index contributed by atoms with van der Waals surface area (Å²) in [5.41, 5.74) is 0.595. The van der Waals surface area contributed by atoms with Crippen molar-refractivity contribution in [1.29, 1.82) is 0 Å². The minimum atomic E-state index is -0.470. The highest BCUT2D eigenvalue weighted by molar-refractivity contribution is 6.34. The lowest BCUT2D eigenvalue weighted by Crippen LogP contribution is -2.60. The fourth-order valence-electron chi connectivity index (χ4n) is 2.17. The second-order valence-electron chi connectivity index (χ2n) is 4.81. The third kappa shape index (κ3) is 2.73. The second kappa shape index (κ2) is 5.61. The van der Waals surface area contributed by atoms with Crippen molar-refractivity contribution >= 4 is 29.1 Å². The fourth-order valence-corrected chi connectivity index (χ4v) is 2.40. The number of halogens is 1. The van der Waals surface area contributed by atoms with E-state index in [0.717, 1.165) is 6.42 Å². The van der Waals surface area contributed by atoms with Crippen LogP contribution in [0.1, 0.15) is 20.3 Å².